The minimum Gasteiger partial charge on any atom is -0.497 e. The van der Waals surface area contributed by atoms with Crippen molar-refractivity contribution in [2.24, 2.45) is 0 Å². The second kappa shape index (κ2) is 6.16. The van der Waals surface area contributed by atoms with Crippen LogP contribution in [0.4, 0.5) is 0 Å². The molecule has 1 atom stereocenters. The lowest BCUT2D eigenvalue weighted by Crippen LogP contribution is -2.24. The van der Waals surface area contributed by atoms with Crippen molar-refractivity contribution in [2.45, 2.75) is 44.7 Å². The van der Waals surface area contributed by atoms with Gasteiger partial charge in [0.25, 0.3) is 0 Å². The summed E-state index contributed by atoms with van der Waals surface area (Å²) in [7, 11) is 1.70. The summed E-state index contributed by atoms with van der Waals surface area (Å²) >= 11 is 1.76. The van der Waals surface area contributed by atoms with Crippen molar-refractivity contribution in [1.82, 2.24) is 10.3 Å². The van der Waals surface area contributed by atoms with E-state index in [1.54, 1.807) is 18.4 Å². The molecule has 112 valence electrons. The number of hydrogen-bond donors (Lipinski definition) is 1. The fourth-order valence-corrected chi connectivity index (χ4v) is 3.36. The Morgan fingerprint density at radius 3 is 2.48 bits per heavy atom. The van der Waals surface area contributed by atoms with Crippen molar-refractivity contribution < 1.29 is 4.74 Å². The van der Waals surface area contributed by atoms with E-state index in [0.717, 1.165) is 10.8 Å². The summed E-state index contributed by atoms with van der Waals surface area (Å²) in [6.07, 6.45) is 2.55. The van der Waals surface area contributed by atoms with Crippen LogP contribution in [0.3, 0.4) is 0 Å². The maximum Gasteiger partial charge on any atom is 0.118 e. The Balaban J connectivity index is 1.87. The highest BCUT2D eigenvalue weighted by atomic mass is 32.1. The molecular formula is C17H22N2OS. The summed E-state index contributed by atoms with van der Waals surface area (Å²) in [4.78, 5) is 4.83. The normalized spacial score (nSPS) is 16.2. The second-order valence-corrected chi connectivity index (χ2v) is 6.80. The van der Waals surface area contributed by atoms with Crippen LogP contribution in [0, 0.1) is 0 Å². The molecule has 0 aliphatic heterocycles. The van der Waals surface area contributed by atoms with Crippen LogP contribution in [-0.2, 0) is 0 Å². The van der Waals surface area contributed by atoms with Gasteiger partial charge in [0, 0.05) is 11.4 Å². The maximum atomic E-state index is 5.25. The first kappa shape index (κ1) is 14.5. The zero-order valence-electron chi connectivity index (χ0n) is 12.8. The van der Waals surface area contributed by atoms with Crippen molar-refractivity contribution in [1.29, 1.82) is 0 Å². The number of rotatable bonds is 6. The van der Waals surface area contributed by atoms with Crippen LogP contribution < -0.4 is 10.1 Å². The van der Waals surface area contributed by atoms with Gasteiger partial charge in [-0.1, -0.05) is 26.0 Å². The van der Waals surface area contributed by atoms with Crippen LogP contribution in [-0.4, -0.2) is 18.1 Å². The van der Waals surface area contributed by atoms with Gasteiger partial charge < -0.3 is 10.1 Å². The number of nitrogens with zero attached hydrogens (tertiary/aromatic N) is 1. The van der Waals surface area contributed by atoms with Gasteiger partial charge >= 0.3 is 0 Å². The topological polar surface area (TPSA) is 34.1 Å². The van der Waals surface area contributed by atoms with E-state index in [4.69, 9.17) is 9.72 Å². The Bertz CT molecular complexity index is 587. The van der Waals surface area contributed by atoms with Gasteiger partial charge in [-0.15, -0.1) is 11.3 Å². The van der Waals surface area contributed by atoms with Gasteiger partial charge in [-0.3, -0.25) is 0 Å². The second-order valence-electron chi connectivity index (χ2n) is 5.91. The van der Waals surface area contributed by atoms with Crippen LogP contribution in [0.1, 0.15) is 54.9 Å². The third-order valence-corrected chi connectivity index (χ3v) is 4.73. The molecule has 2 aromatic rings. The van der Waals surface area contributed by atoms with Gasteiger partial charge in [0.15, 0.2) is 0 Å². The predicted molar refractivity (Wildman–Crippen MR) is 87.2 cm³/mol. The van der Waals surface area contributed by atoms with E-state index in [1.165, 1.54) is 24.1 Å². The van der Waals surface area contributed by atoms with Gasteiger partial charge in [-0.2, -0.15) is 0 Å². The maximum absolute atomic E-state index is 5.25. The minimum atomic E-state index is 0.195. The molecule has 4 heteroatoms. The Kier molecular flexibility index (Phi) is 4.27. The molecule has 1 aromatic carbocycles. The molecule has 1 N–H and O–H groups in total. The number of hydrogen-bond acceptors (Lipinski definition) is 4. The average molecular weight is 302 g/mol. The molecule has 0 spiro atoms. The first-order valence-electron chi connectivity index (χ1n) is 7.52. The first-order valence-corrected chi connectivity index (χ1v) is 8.40. The van der Waals surface area contributed by atoms with Gasteiger partial charge in [-0.25, -0.2) is 4.98 Å². The molecule has 1 aromatic heterocycles. The molecule has 1 saturated carbocycles. The Labute approximate surface area is 130 Å². The quantitative estimate of drug-likeness (QED) is 0.871. The molecule has 1 aliphatic rings. The highest BCUT2D eigenvalue weighted by Crippen LogP contribution is 2.32. The van der Waals surface area contributed by atoms with E-state index in [1.807, 2.05) is 12.1 Å². The first-order chi connectivity index (χ1) is 10.2. The fourth-order valence-electron chi connectivity index (χ4n) is 2.29. The zero-order chi connectivity index (χ0) is 14.8. The molecule has 1 unspecified atom stereocenters. The third-order valence-electron chi connectivity index (χ3n) is 3.81. The monoisotopic (exact) mass is 302 g/mol. The Morgan fingerprint density at radius 1 is 1.24 bits per heavy atom. The van der Waals surface area contributed by atoms with Crippen LogP contribution in [0.2, 0.25) is 0 Å². The van der Waals surface area contributed by atoms with Crippen molar-refractivity contribution in [2.75, 3.05) is 7.11 Å². The van der Waals surface area contributed by atoms with Crippen molar-refractivity contribution >= 4 is 11.3 Å². The van der Waals surface area contributed by atoms with Crippen molar-refractivity contribution in [3.05, 3.63) is 45.9 Å². The van der Waals surface area contributed by atoms with E-state index < -0.39 is 0 Å². The molecule has 1 fully saturated rings. The molecular weight excluding hydrogens is 280 g/mol. The molecule has 3 rings (SSSR count). The number of nitrogens with one attached hydrogen (secondary N) is 1. The van der Waals surface area contributed by atoms with Crippen LogP contribution in [0.15, 0.2) is 29.6 Å². The Hall–Kier alpha value is -1.39. The number of methoxy groups -OCH3 is 1. The minimum absolute atomic E-state index is 0.195. The standard InChI is InChI=1S/C17H22N2OS/c1-11(2)15-10-21-17(19-15)16(18-13-6-7-13)12-4-8-14(20-3)9-5-12/h4-5,8-11,13,16,18H,6-7H2,1-3H3. The van der Waals surface area contributed by atoms with Crippen LogP contribution >= 0.6 is 11.3 Å². The SMILES string of the molecule is COc1ccc(C(NC2CC2)c2nc(C(C)C)cs2)cc1. The van der Waals surface area contributed by atoms with Gasteiger partial charge in [0.05, 0.1) is 18.8 Å². The summed E-state index contributed by atoms with van der Waals surface area (Å²) in [6, 6.07) is 9.15. The molecule has 0 radical (unpaired) electrons. The molecule has 1 aliphatic carbocycles. The third kappa shape index (κ3) is 3.44. The summed E-state index contributed by atoms with van der Waals surface area (Å²) in [6.45, 7) is 4.38. The van der Waals surface area contributed by atoms with E-state index in [9.17, 15) is 0 Å². The summed E-state index contributed by atoms with van der Waals surface area (Å²) in [5.41, 5.74) is 2.44. The average Bonchev–Trinajstić information content (AvgIpc) is 3.18. The Morgan fingerprint density at radius 2 is 1.95 bits per heavy atom. The number of thiazole rings is 1. The van der Waals surface area contributed by atoms with E-state index >= 15 is 0 Å². The molecule has 3 nitrogen and oxygen atoms in total. The summed E-state index contributed by atoms with van der Waals surface area (Å²) in [5, 5.41) is 7.07. The predicted octanol–water partition coefficient (Wildman–Crippen LogP) is 4.12. The summed E-state index contributed by atoms with van der Waals surface area (Å²) in [5.74, 6) is 1.37. The molecule has 0 bridgehead atoms. The van der Waals surface area contributed by atoms with E-state index in [0.29, 0.717) is 12.0 Å². The lowest BCUT2D eigenvalue weighted by atomic mass is 10.1. The summed E-state index contributed by atoms with van der Waals surface area (Å²) < 4.78 is 5.25. The molecule has 1 heterocycles. The fraction of sp³-hybridized carbons (Fsp3) is 0.471. The van der Waals surface area contributed by atoms with Gasteiger partial charge in [0.1, 0.15) is 10.8 Å². The van der Waals surface area contributed by atoms with Crippen LogP contribution in [0.25, 0.3) is 0 Å². The number of benzene rings is 1. The lowest BCUT2D eigenvalue weighted by Gasteiger charge is -2.17. The highest BCUT2D eigenvalue weighted by molar-refractivity contribution is 7.09. The van der Waals surface area contributed by atoms with Gasteiger partial charge in [-0.05, 0) is 36.5 Å². The van der Waals surface area contributed by atoms with Crippen LogP contribution in [0.5, 0.6) is 5.75 Å². The molecule has 0 saturated heterocycles. The smallest absolute Gasteiger partial charge is 0.118 e. The highest BCUT2D eigenvalue weighted by Gasteiger charge is 2.28. The number of aromatic nitrogens is 1. The largest absolute Gasteiger partial charge is 0.497 e. The zero-order valence-corrected chi connectivity index (χ0v) is 13.6. The van der Waals surface area contributed by atoms with E-state index in [2.05, 4.69) is 36.7 Å². The van der Waals surface area contributed by atoms with E-state index in [-0.39, 0.29) is 6.04 Å². The van der Waals surface area contributed by atoms with Crippen molar-refractivity contribution in [3.63, 3.8) is 0 Å². The molecule has 21 heavy (non-hydrogen) atoms. The van der Waals surface area contributed by atoms with Gasteiger partial charge in [0.2, 0.25) is 0 Å². The number of ether oxygens (including phenoxy) is 1. The van der Waals surface area contributed by atoms with Crippen molar-refractivity contribution in [3.8, 4) is 5.75 Å². The molecule has 0 amide bonds. The lowest BCUT2D eigenvalue weighted by molar-refractivity contribution is 0.414.